The van der Waals surface area contributed by atoms with Gasteiger partial charge in [0.15, 0.2) is 23.2 Å². The molecule has 9 nitrogen and oxygen atoms in total. The molecule has 2 N–H and O–H groups in total. The maximum absolute atomic E-state index is 13.6. The number of benzene rings is 1. The topological polar surface area (TPSA) is 122 Å². The first kappa shape index (κ1) is 23.7. The summed E-state index contributed by atoms with van der Waals surface area (Å²) in [7, 11) is -3.81. The number of aromatic nitrogens is 1. The van der Waals surface area contributed by atoms with Crippen LogP contribution in [0.5, 0.6) is 0 Å². The van der Waals surface area contributed by atoms with Gasteiger partial charge >= 0.3 is 0 Å². The van der Waals surface area contributed by atoms with E-state index in [9.17, 15) is 31.2 Å². The van der Waals surface area contributed by atoms with E-state index in [1.54, 1.807) is 0 Å². The molecule has 1 aliphatic heterocycles. The minimum absolute atomic E-state index is 0.0153. The molecule has 1 aromatic carbocycles. The highest BCUT2D eigenvalue weighted by Crippen LogP contribution is 2.27. The van der Waals surface area contributed by atoms with Crippen LogP contribution < -0.4 is 10.6 Å². The van der Waals surface area contributed by atoms with Gasteiger partial charge in [-0.15, -0.1) is 0 Å². The van der Waals surface area contributed by atoms with Crippen LogP contribution in [0.25, 0.3) is 0 Å². The van der Waals surface area contributed by atoms with E-state index in [-0.39, 0.29) is 42.3 Å². The molecule has 2 aromatic rings. The molecule has 2 heterocycles. The molecule has 0 unspecified atom stereocenters. The summed E-state index contributed by atoms with van der Waals surface area (Å²) in [6, 6.07) is 1.53. The fraction of sp³-hybridized carbons (Fsp3) is 0.421. The van der Waals surface area contributed by atoms with Crippen molar-refractivity contribution in [2.24, 2.45) is 5.92 Å². The summed E-state index contributed by atoms with van der Waals surface area (Å²) in [4.78, 5) is 24.3. The van der Waals surface area contributed by atoms with E-state index in [1.165, 1.54) is 18.2 Å². The number of carbonyl (C=O) groups is 2. The van der Waals surface area contributed by atoms with Crippen molar-refractivity contribution in [2.45, 2.75) is 31.6 Å². The second-order valence-corrected chi connectivity index (χ2v) is 9.20. The molecule has 1 saturated heterocycles. The van der Waals surface area contributed by atoms with Crippen molar-refractivity contribution >= 4 is 27.5 Å². The highest BCUT2D eigenvalue weighted by molar-refractivity contribution is 7.89. The first-order valence-electron chi connectivity index (χ1n) is 9.66. The van der Waals surface area contributed by atoms with Crippen LogP contribution in [0.2, 0.25) is 0 Å². The zero-order chi connectivity index (χ0) is 23.6. The van der Waals surface area contributed by atoms with Gasteiger partial charge in [0.2, 0.25) is 21.8 Å². The second kappa shape index (κ2) is 9.28. The molecule has 1 fully saturated rings. The average Bonchev–Trinajstić information content (AvgIpc) is 3.11. The minimum atomic E-state index is -3.81. The van der Waals surface area contributed by atoms with Crippen molar-refractivity contribution in [3.8, 4) is 0 Å². The third-order valence-electron chi connectivity index (χ3n) is 5.12. The quantitative estimate of drug-likeness (QED) is 0.617. The number of halogens is 3. The summed E-state index contributed by atoms with van der Waals surface area (Å²) in [6.45, 7) is 2.70. The molecular formula is C19H21F3N4O5S. The summed E-state index contributed by atoms with van der Waals surface area (Å²) in [5.41, 5.74) is -0.299. The van der Waals surface area contributed by atoms with E-state index in [0.717, 1.165) is 6.07 Å². The zero-order valence-corrected chi connectivity index (χ0v) is 18.1. The standard InChI is InChI=1S/C19H21F3N4O5S/c1-10-18(11(2)31-25-10)32(29,30)26-7-5-12(6-8-26)19(28)23-9-15(27)24-14-4-3-13(20)16(21)17(14)22/h3-4,12H,5-9H2,1-2H3,(H,23,28)(H,24,27). The molecule has 0 bridgehead atoms. The monoisotopic (exact) mass is 474 g/mol. The van der Waals surface area contributed by atoms with Crippen LogP contribution in [0.4, 0.5) is 18.9 Å². The Hall–Kier alpha value is -2.93. The fourth-order valence-electron chi connectivity index (χ4n) is 3.46. The van der Waals surface area contributed by atoms with Crippen molar-refractivity contribution < 1.29 is 35.7 Å². The van der Waals surface area contributed by atoms with Crippen LogP contribution in [-0.2, 0) is 19.6 Å². The van der Waals surface area contributed by atoms with E-state index in [2.05, 4.69) is 15.8 Å². The lowest BCUT2D eigenvalue weighted by atomic mass is 9.97. The Kier molecular flexibility index (Phi) is 6.88. The third kappa shape index (κ3) is 4.78. The summed E-state index contributed by atoms with van der Waals surface area (Å²) in [5.74, 6) is -6.30. The summed E-state index contributed by atoms with van der Waals surface area (Å²) < 4.78 is 71.6. The molecule has 174 valence electrons. The number of piperidine rings is 1. The maximum atomic E-state index is 13.6. The Morgan fingerprint density at radius 3 is 2.41 bits per heavy atom. The summed E-state index contributed by atoms with van der Waals surface area (Å²) in [5, 5.41) is 8.10. The fourth-order valence-corrected chi connectivity index (χ4v) is 5.22. The van der Waals surface area contributed by atoms with Gasteiger partial charge in [-0.2, -0.15) is 4.31 Å². The van der Waals surface area contributed by atoms with Gasteiger partial charge in [-0.05, 0) is 38.8 Å². The van der Waals surface area contributed by atoms with Crippen molar-refractivity contribution in [3.05, 3.63) is 41.0 Å². The summed E-state index contributed by atoms with van der Waals surface area (Å²) >= 11 is 0. The third-order valence-corrected chi connectivity index (χ3v) is 7.27. The van der Waals surface area contributed by atoms with Gasteiger partial charge in [-0.25, -0.2) is 21.6 Å². The predicted octanol–water partition coefficient (Wildman–Crippen LogP) is 1.86. The average molecular weight is 474 g/mol. The predicted molar refractivity (Wildman–Crippen MR) is 105 cm³/mol. The summed E-state index contributed by atoms with van der Waals surface area (Å²) in [6.07, 6.45) is 0.460. The molecule has 3 rings (SSSR count). The maximum Gasteiger partial charge on any atom is 0.248 e. The molecule has 2 amide bonds. The lowest BCUT2D eigenvalue weighted by Crippen LogP contribution is -2.44. The SMILES string of the molecule is Cc1noc(C)c1S(=O)(=O)N1CCC(C(=O)NCC(=O)Nc2ccc(F)c(F)c2F)CC1. The van der Waals surface area contributed by atoms with E-state index in [0.29, 0.717) is 6.07 Å². The molecule has 1 aromatic heterocycles. The number of hydrogen-bond acceptors (Lipinski definition) is 6. The molecule has 0 atom stereocenters. The van der Waals surface area contributed by atoms with Crippen LogP contribution in [0, 0.1) is 37.2 Å². The van der Waals surface area contributed by atoms with Gasteiger partial charge in [0.25, 0.3) is 0 Å². The van der Waals surface area contributed by atoms with Gasteiger partial charge in [0, 0.05) is 19.0 Å². The molecule has 0 aliphatic carbocycles. The molecular weight excluding hydrogens is 453 g/mol. The number of hydrogen-bond donors (Lipinski definition) is 2. The van der Waals surface area contributed by atoms with Crippen molar-refractivity contribution in [3.63, 3.8) is 0 Å². The van der Waals surface area contributed by atoms with E-state index < -0.39 is 57.4 Å². The minimum Gasteiger partial charge on any atom is -0.360 e. The Balaban J connectivity index is 1.52. The Morgan fingerprint density at radius 1 is 1.16 bits per heavy atom. The van der Waals surface area contributed by atoms with Gasteiger partial charge in [-0.3, -0.25) is 9.59 Å². The van der Waals surface area contributed by atoms with Gasteiger partial charge < -0.3 is 15.2 Å². The van der Waals surface area contributed by atoms with Crippen LogP contribution >= 0.6 is 0 Å². The van der Waals surface area contributed by atoms with E-state index in [1.807, 2.05) is 0 Å². The number of carbonyl (C=O) groups excluding carboxylic acids is 2. The second-order valence-electron chi connectivity index (χ2n) is 7.32. The van der Waals surface area contributed by atoms with E-state index >= 15 is 0 Å². The van der Waals surface area contributed by atoms with Crippen LogP contribution in [0.15, 0.2) is 21.6 Å². The van der Waals surface area contributed by atoms with E-state index in [4.69, 9.17) is 4.52 Å². The van der Waals surface area contributed by atoms with Crippen molar-refractivity contribution in [1.82, 2.24) is 14.8 Å². The normalized spacial score (nSPS) is 15.5. The molecule has 13 heteroatoms. The molecule has 0 spiro atoms. The van der Waals surface area contributed by atoms with Gasteiger partial charge in [0.1, 0.15) is 10.6 Å². The lowest BCUT2D eigenvalue weighted by molar-refractivity contribution is -0.128. The number of aryl methyl sites for hydroxylation is 2. The number of anilines is 1. The Labute approximate surface area is 182 Å². The molecule has 32 heavy (non-hydrogen) atoms. The van der Waals surface area contributed by atoms with Gasteiger partial charge in [0.05, 0.1) is 12.2 Å². The smallest absolute Gasteiger partial charge is 0.248 e. The first-order valence-corrected chi connectivity index (χ1v) is 11.1. The lowest BCUT2D eigenvalue weighted by Gasteiger charge is -2.30. The molecule has 0 saturated carbocycles. The largest absolute Gasteiger partial charge is 0.360 e. The Bertz CT molecular complexity index is 1120. The highest BCUT2D eigenvalue weighted by atomic mass is 32.2. The van der Waals surface area contributed by atoms with Crippen molar-refractivity contribution in [1.29, 1.82) is 0 Å². The first-order chi connectivity index (χ1) is 15.0. The Morgan fingerprint density at radius 2 is 1.81 bits per heavy atom. The molecule has 1 aliphatic rings. The van der Waals surface area contributed by atoms with Crippen LogP contribution in [0.1, 0.15) is 24.3 Å². The number of amides is 2. The number of rotatable bonds is 6. The zero-order valence-electron chi connectivity index (χ0n) is 17.2. The van der Waals surface area contributed by atoms with Crippen LogP contribution in [-0.4, -0.2) is 49.3 Å². The number of nitrogens with zero attached hydrogens (tertiary/aromatic N) is 2. The molecule has 0 radical (unpaired) electrons. The number of nitrogens with one attached hydrogen (secondary N) is 2. The number of sulfonamides is 1. The van der Waals surface area contributed by atoms with Crippen molar-refractivity contribution in [2.75, 3.05) is 25.0 Å². The highest BCUT2D eigenvalue weighted by Gasteiger charge is 2.35. The van der Waals surface area contributed by atoms with Gasteiger partial charge in [-0.1, -0.05) is 5.16 Å². The van der Waals surface area contributed by atoms with Crippen LogP contribution in [0.3, 0.4) is 0 Å².